The second-order valence-electron chi connectivity index (χ2n) is 5.49. The highest BCUT2D eigenvalue weighted by Gasteiger charge is 2.35. The fourth-order valence-electron chi connectivity index (χ4n) is 2.61. The van der Waals surface area contributed by atoms with E-state index in [1.165, 1.54) is 0 Å². The molecule has 1 aliphatic rings. The Bertz CT molecular complexity index is 846. The van der Waals surface area contributed by atoms with Crippen LogP contribution in [0.5, 0.6) is 0 Å². The monoisotopic (exact) mass is 356 g/mol. The van der Waals surface area contributed by atoms with Crippen LogP contribution in [0.4, 0.5) is 27.6 Å². The minimum Gasteiger partial charge on any atom is -0.396 e. The molecule has 1 aliphatic heterocycles. The van der Waals surface area contributed by atoms with Crippen molar-refractivity contribution in [3.05, 3.63) is 53.4 Å². The number of ether oxygens (including phenoxy) is 1. The largest absolute Gasteiger partial charge is 0.433 e. The first-order chi connectivity index (χ1) is 11.8. The molecule has 1 aromatic heterocycles. The summed E-state index contributed by atoms with van der Waals surface area (Å²) in [6.45, 7) is 0.531. The lowest BCUT2D eigenvalue weighted by atomic mass is 9.97. The highest BCUT2D eigenvalue weighted by molar-refractivity contribution is 5.85. The van der Waals surface area contributed by atoms with Crippen molar-refractivity contribution in [3.8, 4) is 11.1 Å². The summed E-state index contributed by atoms with van der Waals surface area (Å²) >= 11 is 0. The molecule has 0 radical (unpaired) electrons. The Kier molecular flexibility index (Phi) is 4.47. The van der Waals surface area contributed by atoms with E-state index in [0.29, 0.717) is 24.7 Å². The standard InChI is InChI=1S/C17H13F5N2O/c18-10-1-2-13(19)11(7-10)12-8-14(17(20,21)22)24-16(15(12)23)9-3-5-25-6-4-9/h1-3,7-8H,4-6,23H2. The molecule has 2 aromatic rings. The molecule has 3 nitrogen and oxygen atoms in total. The average molecular weight is 356 g/mol. The molecule has 0 bridgehead atoms. The zero-order chi connectivity index (χ0) is 18.2. The summed E-state index contributed by atoms with van der Waals surface area (Å²) < 4.78 is 72.4. The number of anilines is 1. The van der Waals surface area contributed by atoms with Crippen molar-refractivity contribution >= 4 is 11.3 Å². The third-order valence-corrected chi connectivity index (χ3v) is 3.84. The summed E-state index contributed by atoms with van der Waals surface area (Å²) in [5, 5.41) is 0. The molecule has 2 heterocycles. The first-order valence-electron chi connectivity index (χ1n) is 7.37. The summed E-state index contributed by atoms with van der Waals surface area (Å²) in [4.78, 5) is 3.62. The van der Waals surface area contributed by atoms with E-state index in [4.69, 9.17) is 10.5 Å². The van der Waals surface area contributed by atoms with Crippen LogP contribution in [0.15, 0.2) is 30.3 Å². The molecule has 0 aliphatic carbocycles. The van der Waals surface area contributed by atoms with E-state index in [1.54, 1.807) is 6.08 Å². The molecular weight excluding hydrogens is 343 g/mol. The van der Waals surface area contributed by atoms with E-state index in [0.717, 1.165) is 18.2 Å². The Labute approximate surface area is 139 Å². The molecule has 0 spiro atoms. The number of benzene rings is 1. The smallest absolute Gasteiger partial charge is 0.396 e. The van der Waals surface area contributed by atoms with Crippen molar-refractivity contribution in [3.63, 3.8) is 0 Å². The summed E-state index contributed by atoms with van der Waals surface area (Å²) in [5.41, 5.74) is 4.42. The van der Waals surface area contributed by atoms with E-state index >= 15 is 0 Å². The molecule has 25 heavy (non-hydrogen) atoms. The van der Waals surface area contributed by atoms with Gasteiger partial charge in [-0.15, -0.1) is 0 Å². The number of hydrogen-bond acceptors (Lipinski definition) is 3. The van der Waals surface area contributed by atoms with Gasteiger partial charge in [-0.2, -0.15) is 13.2 Å². The number of pyridine rings is 1. The minimum absolute atomic E-state index is 0.0863. The van der Waals surface area contributed by atoms with Crippen LogP contribution in [0, 0.1) is 11.6 Å². The second-order valence-corrected chi connectivity index (χ2v) is 5.49. The lowest BCUT2D eigenvalue weighted by Crippen LogP contribution is -2.14. The molecule has 1 aromatic carbocycles. The van der Waals surface area contributed by atoms with Crippen LogP contribution >= 0.6 is 0 Å². The number of nitrogens with zero attached hydrogens (tertiary/aromatic N) is 1. The van der Waals surface area contributed by atoms with Crippen LogP contribution in [0.3, 0.4) is 0 Å². The van der Waals surface area contributed by atoms with Crippen molar-refractivity contribution in [1.82, 2.24) is 4.98 Å². The van der Waals surface area contributed by atoms with Crippen molar-refractivity contribution < 1.29 is 26.7 Å². The van der Waals surface area contributed by atoms with Gasteiger partial charge in [-0.25, -0.2) is 13.8 Å². The van der Waals surface area contributed by atoms with Crippen LogP contribution in [0.1, 0.15) is 17.8 Å². The lowest BCUT2D eigenvalue weighted by Gasteiger charge is -2.19. The Balaban J connectivity index is 2.27. The Morgan fingerprint density at radius 2 is 1.84 bits per heavy atom. The van der Waals surface area contributed by atoms with E-state index in [2.05, 4.69) is 4.98 Å². The first kappa shape index (κ1) is 17.3. The molecule has 0 saturated carbocycles. The van der Waals surface area contributed by atoms with Crippen molar-refractivity contribution in [1.29, 1.82) is 0 Å². The third kappa shape index (κ3) is 3.48. The van der Waals surface area contributed by atoms with Crippen molar-refractivity contribution in [2.75, 3.05) is 18.9 Å². The lowest BCUT2D eigenvalue weighted by molar-refractivity contribution is -0.141. The van der Waals surface area contributed by atoms with Gasteiger partial charge in [-0.1, -0.05) is 6.08 Å². The Morgan fingerprint density at radius 1 is 1.08 bits per heavy atom. The predicted octanol–water partition coefficient (Wildman–Crippen LogP) is 4.43. The van der Waals surface area contributed by atoms with Crippen LogP contribution in [-0.2, 0) is 10.9 Å². The Hall–Kier alpha value is -2.48. The van der Waals surface area contributed by atoms with Gasteiger partial charge in [0.1, 0.15) is 17.3 Å². The maximum Gasteiger partial charge on any atom is 0.433 e. The van der Waals surface area contributed by atoms with Crippen LogP contribution in [0.2, 0.25) is 0 Å². The molecule has 132 valence electrons. The van der Waals surface area contributed by atoms with Crippen molar-refractivity contribution in [2.24, 2.45) is 0 Å². The zero-order valence-corrected chi connectivity index (χ0v) is 12.8. The number of nitrogens with two attached hydrogens (primary N) is 1. The number of alkyl halides is 3. The van der Waals surface area contributed by atoms with Gasteiger partial charge in [0.2, 0.25) is 0 Å². The maximum absolute atomic E-state index is 14.1. The topological polar surface area (TPSA) is 48.1 Å². The summed E-state index contributed by atoms with van der Waals surface area (Å²) in [6, 6.07) is 3.16. The summed E-state index contributed by atoms with van der Waals surface area (Å²) in [7, 11) is 0. The van der Waals surface area contributed by atoms with Gasteiger partial charge in [0, 0.05) is 11.1 Å². The second kappa shape index (κ2) is 6.44. The van der Waals surface area contributed by atoms with Crippen LogP contribution in [0.25, 0.3) is 16.7 Å². The van der Waals surface area contributed by atoms with E-state index in [1.807, 2.05) is 0 Å². The molecule has 2 N–H and O–H groups in total. The SMILES string of the molecule is Nc1c(-c2cc(F)ccc2F)cc(C(F)(F)F)nc1C1=CCOCC1. The number of halogens is 5. The summed E-state index contributed by atoms with van der Waals surface area (Å²) in [5.74, 6) is -1.66. The first-order valence-corrected chi connectivity index (χ1v) is 7.37. The van der Waals surface area contributed by atoms with Gasteiger partial charge in [0.15, 0.2) is 0 Å². The van der Waals surface area contributed by atoms with Crippen LogP contribution < -0.4 is 5.73 Å². The molecule has 3 rings (SSSR count). The fraction of sp³-hybridized carbons (Fsp3) is 0.235. The molecule has 0 saturated heterocycles. The van der Waals surface area contributed by atoms with E-state index in [9.17, 15) is 22.0 Å². The number of aromatic nitrogens is 1. The molecule has 0 atom stereocenters. The third-order valence-electron chi connectivity index (χ3n) is 3.84. The Morgan fingerprint density at radius 3 is 2.48 bits per heavy atom. The molecule has 0 fully saturated rings. The van der Waals surface area contributed by atoms with E-state index in [-0.39, 0.29) is 29.1 Å². The quantitative estimate of drug-likeness (QED) is 0.810. The normalized spacial score (nSPS) is 15.2. The van der Waals surface area contributed by atoms with Crippen molar-refractivity contribution in [2.45, 2.75) is 12.6 Å². The number of hydrogen-bond donors (Lipinski definition) is 1. The van der Waals surface area contributed by atoms with Gasteiger partial charge < -0.3 is 10.5 Å². The number of rotatable bonds is 2. The summed E-state index contributed by atoms with van der Waals surface area (Å²) in [6.07, 6.45) is -2.86. The zero-order valence-electron chi connectivity index (χ0n) is 12.8. The highest BCUT2D eigenvalue weighted by Crippen LogP contribution is 2.39. The molecule has 0 unspecified atom stereocenters. The minimum atomic E-state index is -4.76. The predicted molar refractivity (Wildman–Crippen MR) is 82.4 cm³/mol. The van der Waals surface area contributed by atoms with Gasteiger partial charge in [0.05, 0.1) is 24.6 Å². The average Bonchev–Trinajstić information content (AvgIpc) is 2.57. The highest BCUT2D eigenvalue weighted by atomic mass is 19.4. The fourth-order valence-corrected chi connectivity index (χ4v) is 2.61. The van der Waals surface area contributed by atoms with Gasteiger partial charge in [0.25, 0.3) is 0 Å². The van der Waals surface area contributed by atoms with Gasteiger partial charge in [-0.05, 0) is 36.3 Å². The molecular formula is C17H13F5N2O. The van der Waals surface area contributed by atoms with Gasteiger partial charge >= 0.3 is 6.18 Å². The van der Waals surface area contributed by atoms with Gasteiger partial charge in [-0.3, -0.25) is 0 Å². The number of nitrogen functional groups attached to an aromatic ring is 1. The van der Waals surface area contributed by atoms with Crippen LogP contribution in [-0.4, -0.2) is 18.2 Å². The maximum atomic E-state index is 14.1. The van der Waals surface area contributed by atoms with E-state index < -0.39 is 23.5 Å². The molecule has 8 heteroatoms. The molecule has 0 amide bonds.